The van der Waals surface area contributed by atoms with E-state index in [9.17, 15) is 79.9 Å². The molecule has 7 N–H and O–H groups in total. The van der Waals surface area contributed by atoms with Crippen LogP contribution in [0, 0.1) is 0 Å². The molecule has 556 valence electrons. The van der Waals surface area contributed by atoms with Gasteiger partial charge in [0, 0.05) is 96.2 Å². The Balaban J connectivity index is 1.25. The van der Waals surface area contributed by atoms with Gasteiger partial charge in [-0.15, -0.1) is 4.73 Å². The van der Waals surface area contributed by atoms with Crippen LogP contribution in [-0.4, -0.2) is 222 Å². The minimum atomic E-state index is -5.19. The van der Waals surface area contributed by atoms with Gasteiger partial charge in [0.15, 0.2) is 12.3 Å². The number of hydrogen-bond donors (Lipinski definition) is 7. The summed E-state index contributed by atoms with van der Waals surface area (Å²) in [7, 11) is -22.2. The van der Waals surface area contributed by atoms with E-state index in [1.807, 2.05) is 9.48 Å². The molecule has 2 aliphatic heterocycles. The minimum Gasteiger partial charge on any atom is -0.492 e. The second kappa shape index (κ2) is 34.5. The third kappa shape index (κ3) is 20.2. The molecule has 0 saturated heterocycles. The fraction of sp³-hybridized carbons (Fsp3) is 0.477. The van der Waals surface area contributed by atoms with E-state index in [0.717, 1.165) is 24.3 Å². The van der Waals surface area contributed by atoms with Crippen molar-refractivity contribution in [3.63, 3.8) is 0 Å². The van der Waals surface area contributed by atoms with Gasteiger partial charge in [0.2, 0.25) is 17.4 Å². The van der Waals surface area contributed by atoms with Crippen LogP contribution in [0.3, 0.4) is 0 Å². The van der Waals surface area contributed by atoms with Gasteiger partial charge in [0.05, 0.1) is 100 Å². The summed E-state index contributed by atoms with van der Waals surface area (Å²) < 4.78 is 228. The van der Waals surface area contributed by atoms with Crippen LogP contribution in [0.25, 0.3) is 21.5 Å². The predicted octanol–water partition coefficient (Wildman–Crippen LogP) is 7.26. The summed E-state index contributed by atoms with van der Waals surface area (Å²) in [5, 5.41) is 20.4. The number of ether oxygens (including phenoxy) is 8. The molecule has 0 amide bonds. The van der Waals surface area contributed by atoms with Crippen LogP contribution in [-0.2, 0) is 104 Å². The highest BCUT2D eigenvalue weighted by Crippen LogP contribution is 2.55. The van der Waals surface area contributed by atoms with E-state index in [2.05, 4.69) is 0 Å². The average Bonchev–Trinajstić information content (AvgIpc) is 1.60. The maximum absolute atomic E-state index is 13.4. The van der Waals surface area contributed by atoms with E-state index in [1.54, 1.807) is 64.5 Å². The van der Waals surface area contributed by atoms with Crippen molar-refractivity contribution in [3.8, 4) is 11.8 Å². The van der Waals surface area contributed by atoms with Gasteiger partial charge in [-0.25, -0.2) is 4.79 Å². The number of rotatable bonds is 40. The van der Waals surface area contributed by atoms with Crippen LogP contribution < -0.4 is 9.74 Å². The lowest BCUT2D eigenvalue weighted by molar-refractivity contribution is -0.442. The molecule has 4 aromatic carbocycles. The molecule has 0 spiro atoms. The zero-order valence-corrected chi connectivity index (χ0v) is 60.7. The van der Waals surface area contributed by atoms with Gasteiger partial charge < -0.3 is 57.8 Å². The summed E-state index contributed by atoms with van der Waals surface area (Å²) in [4.78, 5) is 17.0. The summed E-state index contributed by atoms with van der Waals surface area (Å²) in [6.07, 6.45) is 7.76. The third-order valence-corrected chi connectivity index (χ3v) is 22.1. The van der Waals surface area contributed by atoms with Crippen LogP contribution >= 0.6 is 11.6 Å². The van der Waals surface area contributed by atoms with Crippen molar-refractivity contribution in [2.24, 2.45) is 0 Å². The van der Waals surface area contributed by atoms with E-state index in [1.165, 1.54) is 12.1 Å². The molecule has 5 aromatic rings. The number of benzene rings is 4. The Kier molecular flexibility index (Phi) is 27.5. The largest absolute Gasteiger partial charge is 0.492 e. The zero-order chi connectivity index (χ0) is 73.7. The van der Waals surface area contributed by atoms with Crippen LogP contribution in [0.4, 0.5) is 11.4 Å². The molecule has 3 aliphatic rings. The van der Waals surface area contributed by atoms with Crippen molar-refractivity contribution in [3.05, 3.63) is 118 Å². The first kappa shape index (κ1) is 80.4. The van der Waals surface area contributed by atoms with Crippen LogP contribution in [0.15, 0.2) is 126 Å². The van der Waals surface area contributed by atoms with Gasteiger partial charge in [-0.1, -0.05) is 29.8 Å². The van der Waals surface area contributed by atoms with Crippen molar-refractivity contribution in [1.29, 1.82) is 0 Å². The first-order valence-corrected chi connectivity index (χ1v) is 39.6. The number of methoxy groups -OCH3 is 2. The number of aromatic nitrogens is 1. The van der Waals surface area contributed by atoms with E-state index in [4.69, 9.17) is 54.3 Å². The molecule has 1 aromatic heterocycles. The monoisotopic (exact) mass is 1530 g/mol. The highest BCUT2D eigenvalue weighted by Gasteiger charge is 2.50. The Hall–Kier alpha value is -6.30. The molecule has 36 heteroatoms. The molecule has 0 bridgehead atoms. The number of hydrogen-bond acceptors (Lipinski definition) is 23. The highest BCUT2D eigenvalue weighted by atomic mass is 35.5. The summed E-state index contributed by atoms with van der Waals surface area (Å²) in [5.41, 5.74) is 0.706. The summed E-state index contributed by atoms with van der Waals surface area (Å²) in [5.74, 6) is -2.72. The Morgan fingerprint density at radius 2 is 1.07 bits per heavy atom. The molecule has 0 fully saturated rings. The van der Waals surface area contributed by atoms with Gasteiger partial charge in [0.1, 0.15) is 16.4 Å². The molecule has 101 heavy (non-hydrogen) atoms. The van der Waals surface area contributed by atoms with E-state index in [-0.39, 0.29) is 137 Å². The maximum atomic E-state index is 13.4. The van der Waals surface area contributed by atoms with Gasteiger partial charge in [-0.3, -0.25) is 22.8 Å². The van der Waals surface area contributed by atoms with Crippen LogP contribution in [0.5, 0.6) is 11.8 Å². The standard InChI is InChI=1S/C65H82ClN3O27S5/c1-64(21-7-39-97(73,74)75)56(68(24-26-91-32-34-95-38-36-93-30-28-89-4)53-16-14-48-50(61(53)64)40-46(98(76,77)78)42-54(48)100(82,83)84)17-11-44-8-5-9-45(63(44)66)12-18-57-65(2,22-25-90-31-33-94-37-35-92-29-27-88-3)62-51-41-47(99(79,80)81)43-55(101(85,86)87)49(51)13-15-52(62)67(57)23-6-10-60(72)96-69-58(70)19-20-59(69)71/h11-20,40-43H,5-10,21-39H2,1-4H3,(H6-,70,71,73,74,75,76,77,78,79,80,81,82,83,84,85,86,87)/p+1. The number of anilines is 1. The van der Waals surface area contributed by atoms with Crippen molar-refractivity contribution in [2.75, 3.05) is 130 Å². The fourth-order valence-electron chi connectivity index (χ4n) is 12.7. The third-order valence-electron chi connectivity index (χ3n) is 17.4. The second-order valence-corrected chi connectivity index (χ2v) is 31.8. The normalized spacial score (nSPS) is 18.6. The number of aromatic hydroxyl groups is 2. The Morgan fingerprint density at radius 1 is 0.564 bits per heavy atom. The predicted molar refractivity (Wildman–Crippen MR) is 369 cm³/mol. The Morgan fingerprint density at radius 3 is 1.58 bits per heavy atom. The Labute approximate surface area is 591 Å². The molecular formula is C65H83ClN3O27S5+. The SMILES string of the molecule is COCCOCCOCCOCC[N+]1=C(C=CC2=C(Cl)C(=CC=C3N(CCCC(=O)On4c(O)ccc4O)c4ccc5c(S(=O)(=O)O)cc(S(=O)(=O)O)cc5c4C3(C)CCOCCOCCOCCOC)CCC2)C(C)(CCCS(=O)(=O)O)c2c1ccc1c(S(=O)(=O)O)cc(S(=O)(=O)O)cc21. The van der Waals surface area contributed by atoms with Gasteiger partial charge >= 0.3 is 5.97 Å². The smallest absolute Gasteiger partial charge is 0.333 e. The lowest BCUT2D eigenvalue weighted by Gasteiger charge is -2.31. The highest BCUT2D eigenvalue weighted by molar-refractivity contribution is 7.87. The van der Waals surface area contributed by atoms with E-state index < -0.39 is 104 Å². The molecule has 8 rings (SSSR count). The lowest BCUT2D eigenvalue weighted by atomic mass is 9.74. The summed E-state index contributed by atoms with van der Waals surface area (Å²) >= 11 is 7.51. The average molecular weight is 1530 g/mol. The number of carbonyl (C=O) groups is 1. The van der Waals surface area contributed by atoms with Gasteiger partial charge in [-0.05, 0) is 129 Å². The summed E-state index contributed by atoms with van der Waals surface area (Å²) in [6.45, 7) is 6.77. The van der Waals surface area contributed by atoms with Crippen molar-refractivity contribution >= 4 is 107 Å². The minimum absolute atomic E-state index is 0.000848. The Bertz CT molecular complexity index is 4610. The first-order valence-electron chi connectivity index (χ1n) is 31.9. The molecule has 30 nitrogen and oxygen atoms in total. The number of fused-ring (bicyclic) bond motifs is 6. The molecule has 1 aliphatic carbocycles. The molecule has 0 saturated carbocycles. The van der Waals surface area contributed by atoms with Gasteiger partial charge in [-0.2, -0.15) is 46.7 Å². The number of nitrogens with zero attached hydrogens (tertiary/aromatic N) is 3. The van der Waals surface area contributed by atoms with Crippen LogP contribution in [0.2, 0.25) is 0 Å². The first-order chi connectivity index (χ1) is 47.6. The summed E-state index contributed by atoms with van der Waals surface area (Å²) in [6, 6.07) is 11.5. The maximum Gasteiger partial charge on any atom is 0.333 e. The molecule has 3 heterocycles. The zero-order valence-electron chi connectivity index (χ0n) is 55.8. The number of carbonyl (C=O) groups excluding carboxylic acids is 1. The number of allylic oxidation sites excluding steroid dienone is 8. The quantitative estimate of drug-likeness (QED) is 0.0115. The van der Waals surface area contributed by atoms with E-state index >= 15 is 0 Å². The molecule has 2 atom stereocenters. The van der Waals surface area contributed by atoms with Gasteiger partial charge in [0.25, 0.3) is 50.6 Å². The molecule has 0 radical (unpaired) electrons. The topological polar surface area (TPSA) is 424 Å². The molecular weight excluding hydrogens is 1450 g/mol. The lowest BCUT2D eigenvalue weighted by Crippen LogP contribution is -2.33. The number of halogens is 1. The fourth-order valence-corrected chi connectivity index (χ4v) is 16.2. The van der Waals surface area contributed by atoms with Crippen molar-refractivity contribution in [1.82, 2.24) is 4.73 Å². The second-order valence-electron chi connectivity index (χ2n) is 24.2. The van der Waals surface area contributed by atoms with Crippen LogP contribution in [0.1, 0.15) is 76.3 Å². The molecule has 2 unspecified atom stereocenters. The van der Waals surface area contributed by atoms with E-state index in [0.29, 0.717) is 109 Å². The van der Waals surface area contributed by atoms with Crippen molar-refractivity contribution < 1.29 is 127 Å². The van der Waals surface area contributed by atoms with Crippen molar-refractivity contribution in [2.45, 2.75) is 95.6 Å².